The van der Waals surface area contributed by atoms with Crippen LogP contribution in [0.3, 0.4) is 0 Å². The normalized spacial score (nSPS) is 14.1. The lowest BCUT2D eigenvalue weighted by Gasteiger charge is -2.12. The lowest BCUT2D eigenvalue weighted by Crippen LogP contribution is -2.25. The van der Waals surface area contributed by atoms with Crippen LogP contribution in [0.2, 0.25) is 0 Å². The minimum Gasteiger partial charge on any atom is -0.293 e. The van der Waals surface area contributed by atoms with Crippen molar-refractivity contribution in [2.45, 2.75) is 45.6 Å². The Morgan fingerprint density at radius 3 is 2.85 bits per heavy atom. The summed E-state index contributed by atoms with van der Waals surface area (Å²) >= 11 is 0. The van der Waals surface area contributed by atoms with Gasteiger partial charge in [0.25, 0.3) is 5.56 Å². The largest absolute Gasteiger partial charge is 0.293 e. The minimum absolute atomic E-state index is 0.0827. The molecule has 3 rings (SSSR count). The molecule has 2 aromatic rings. The zero-order valence-electron chi connectivity index (χ0n) is 11.9. The number of nitrogens with zero attached hydrogens (tertiary/aromatic N) is 2. The summed E-state index contributed by atoms with van der Waals surface area (Å²) < 4.78 is 1.91. The molecule has 0 bridgehead atoms. The van der Waals surface area contributed by atoms with Gasteiger partial charge in [0, 0.05) is 18.0 Å². The number of aryl methyl sites for hydroxylation is 1. The average molecular weight is 266 g/mol. The van der Waals surface area contributed by atoms with Crippen LogP contribution in [-0.2, 0) is 6.42 Å². The Bertz CT molecular complexity index is 773. The van der Waals surface area contributed by atoms with E-state index in [9.17, 15) is 4.79 Å². The van der Waals surface area contributed by atoms with Gasteiger partial charge in [-0.2, -0.15) is 0 Å². The van der Waals surface area contributed by atoms with E-state index >= 15 is 0 Å². The van der Waals surface area contributed by atoms with Crippen LogP contribution in [0.25, 0.3) is 10.9 Å². The Kier molecular flexibility index (Phi) is 3.31. The Morgan fingerprint density at radius 2 is 2.20 bits per heavy atom. The molecule has 0 atom stereocenters. The molecule has 1 aromatic heterocycles. The van der Waals surface area contributed by atoms with E-state index in [1.807, 2.05) is 22.8 Å². The van der Waals surface area contributed by atoms with Gasteiger partial charge in [-0.05, 0) is 38.3 Å². The zero-order valence-corrected chi connectivity index (χ0v) is 11.9. The Labute approximate surface area is 118 Å². The molecule has 0 radical (unpaired) electrons. The van der Waals surface area contributed by atoms with Crippen molar-refractivity contribution in [1.29, 1.82) is 0 Å². The highest BCUT2D eigenvalue weighted by molar-refractivity contribution is 5.84. The van der Waals surface area contributed by atoms with Crippen LogP contribution in [0.1, 0.15) is 50.5 Å². The maximum absolute atomic E-state index is 12.9. The van der Waals surface area contributed by atoms with E-state index in [-0.39, 0.29) is 5.56 Å². The highest BCUT2D eigenvalue weighted by atomic mass is 16.1. The van der Waals surface area contributed by atoms with Crippen molar-refractivity contribution in [2.75, 3.05) is 0 Å². The monoisotopic (exact) mass is 266 g/mol. The third-order valence-electron chi connectivity index (χ3n) is 3.65. The second-order valence-electron chi connectivity index (χ2n) is 5.26. The van der Waals surface area contributed by atoms with Crippen LogP contribution < -0.4 is 5.56 Å². The molecule has 1 saturated carbocycles. The van der Waals surface area contributed by atoms with Crippen LogP contribution in [0, 0.1) is 11.8 Å². The van der Waals surface area contributed by atoms with Crippen molar-refractivity contribution in [1.82, 2.24) is 9.55 Å². The lowest BCUT2D eigenvalue weighted by atomic mass is 10.1. The van der Waals surface area contributed by atoms with Crippen LogP contribution >= 0.6 is 0 Å². The molecule has 1 fully saturated rings. The molecule has 0 unspecified atom stereocenters. The first-order chi connectivity index (χ1) is 9.76. The van der Waals surface area contributed by atoms with E-state index in [1.165, 1.54) is 0 Å². The molecule has 0 spiro atoms. The van der Waals surface area contributed by atoms with Crippen molar-refractivity contribution in [3.05, 3.63) is 39.9 Å². The van der Waals surface area contributed by atoms with Crippen molar-refractivity contribution >= 4 is 10.9 Å². The average Bonchev–Trinajstić information content (AvgIpc) is 3.24. The highest BCUT2D eigenvalue weighted by Crippen LogP contribution is 2.35. The van der Waals surface area contributed by atoms with Gasteiger partial charge >= 0.3 is 0 Å². The summed E-state index contributed by atoms with van der Waals surface area (Å²) in [5.41, 5.74) is 1.65. The van der Waals surface area contributed by atoms with Gasteiger partial charge in [-0.25, -0.2) is 4.98 Å². The van der Waals surface area contributed by atoms with Crippen molar-refractivity contribution in [2.24, 2.45) is 0 Å². The number of aromatic nitrogens is 2. The van der Waals surface area contributed by atoms with E-state index < -0.39 is 0 Å². The molecule has 1 heterocycles. The Hall–Kier alpha value is -2.08. The van der Waals surface area contributed by atoms with Gasteiger partial charge in [0.1, 0.15) is 5.82 Å². The molecule has 3 heteroatoms. The maximum Gasteiger partial charge on any atom is 0.262 e. The smallest absolute Gasteiger partial charge is 0.262 e. The molecule has 20 heavy (non-hydrogen) atoms. The van der Waals surface area contributed by atoms with Crippen molar-refractivity contribution in [3.63, 3.8) is 0 Å². The Balaban J connectivity index is 2.35. The molecular weight excluding hydrogens is 248 g/mol. The first kappa shape index (κ1) is 12.9. The van der Waals surface area contributed by atoms with Crippen molar-refractivity contribution < 1.29 is 0 Å². The molecular formula is C17H18N2O. The predicted molar refractivity (Wildman–Crippen MR) is 80.8 cm³/mol. The van der Waals surface area contributed by atoms with Crippen molar-refractivity contribution in [3.8, 4) is 11.8 Å². The van der Waals surface area contributed by atoms with E-state index in [2.05, 4.69) is 18.8 Å². The summed E-state index contributed by atoms with van der Waals surface area (Å²) in [6.07, 6.45) is 4.03. The molecule has 102 valence electrons. The fourth-order valence-corrected chi connectivity index (χ4v) is 2.64. The Morgan fingerprint density at radius 1 is 1.40 bits per heavy atom. The molecule has 3 nitrogen and oxygen atoms in total. The van der Waals surface area contributed by atoms with Gasteiger partial charge in [-0.15, -0.1) is 5.92 Å². The second kappa shape index (κ2) is 5.13. The predicted octanol–water partition coefficient (Wildman–Crippen LogP) is 3.06. The van der Waals surface area contributed by atoms with E-state index in [1.54, 1.807) is 6.92 Å². The van der Waals surface area contributed by atoms with E-state index in [0.717, 1.165) is 42.6 Å². The number of fused-ring (bicyclic) bond motifs is 1. The third kappa shape index (κ3) is 2.12. The number of benzene rings is 1. The minimum atomic E-state index is 0.0827. The second-order valence-corrected chi connectivity index (χ2v) is 5.26. The van der Waals surface area contributed by atoms with Gasteiger partial charge in [0.2, 0.25) is 0 Å². The number of rotatable bonds is 3. The quantitative estimate of drug-likeness (QED) is 0.800. The van der Waals surface area contributed by atoms with Crippen LogP contribution in [-0.4, -0.2) is 9.55 Å². The summed E-state index contributed by atoms with van der Waals surface area (Å²) in [6, 6.07) is 6.08. The molecule has 0 N–H and O–H groups in total. The topological polar surface area (TPSA) is 34.9 Å². The van der Waals surface area contributed by atoms with Crippen LogP contribution in [0.15, 0.2) is 23.0 Å². The van der Waals surface area contributed by atoms with Gasteiger partial charge in [-0.1, -0.05) is 18.9 Å². The number of hydrogen-bond donors (Lipinski definition) is 0. The summed E-state index contributed by atoms with van der Waals surface area (Å²) in [5.74, 6) is 6.83. The summed E-state index contributed by atoms with van der Waals surface area (Å²) in [7, 11) is 0. The van der Waals surface area contributed by atoms with Crippen LogP contribution in [0.4, 0.5) is 0 Å². The van der Waals surface area contributed by atoms with Gasteiger partial charge in [-0.3, -0.25) is 9.36 Å². The summed E-state index contributed by atoms with van der Waals surface area (Å²) in [5, 5.41) is 0.675. The molecule has 1 aliphatic rings. The third-order valence-corrected chi connectivity index (χ3v) is 3.65. The maximum atomic E-state index is 12.9. The summed E-state index contributed by atoms with van der Waals surface area (Å²) in [6.45, 7) is 3.91. The SMILES string of the molecule is CC#Cc1cccc2nc(CCC)n(C3CC3)c(=O)c12. The van der Waals surface area contributed by atoms with Crippen LogP contribution in [0.5, 0.6) is 0 Å². The van der Waals surface area contributed by atoms with E-state index in [0.29, 0.717) is 11.4 Å². The zero-order chi connectivity index (χ0) is 14.1. The molecule has 1 aromatic carbocycles. The molecule has 0 amide bonds. The van der Waals surface area contributed by atoms with Gasteiger partial charge in [0.05, 0.1) is 10.9 Å². The van der Waals surface area contributed by atoms with E-state index in [4.69, 9.17) is 4.98 Å². The fraction of sp³-hybridized carbons (Fsp3) is 0.412. The fourth-order valence-electron chi connectivity index (χ4n) is 2.64. The number of hydrogen-bond acceptors (Lipinski definition) is 2. The highest BCUT2D eigenvalue weighted by Gasteiger charge is 2.28. The standard InChI is InChI=1S/C17H18N2O/c1-3-6-12-8-5-9-14-16(12)17(20)19(13-10-11-13)15(18-14)7-4-2/h5,8-9,13H,4,7,10-11H2,1-2H3. The molecule has 0 saturated heterocycles. The molecule has 0 aliphatic heterocycles. The lowest BCUT2D eigenvalue weighted by molar-refractivity contribution is 0.631. The first-order valence-electron chi connectivity index (χ1n) is 7.23. The summed E-state index contributed by atoms with van der Waals surface area (Å²) in [4.78, 5) is 17.6. The molecule has 1 aliphatic carbocycles. The van der Waals surface area contributed by atoms with Gasteiger partial charge < -0.3 is 0 Å². The first-order valence-corrected chi connectivity index (χ1v) is 7.23. The van der Waals surface area contributed by atoms with Gasteiger partial charge in [0.15, 0.2) is 0 Å².